The molecule has 1 aliphatic carbocycles. The molecule has 1 aliphatic heterocycles. The van der Waals surface area contributed by atoms with Crippen molar-refractivity contribution >= 4 is 34.7 Å². The molecule has 41 heavy (non-hydrogen) atoms. The largest absolute Gasteiger partial charge is 0.573 e. The third-order valence-corrected chi connectivity index (χ3v) is 7.61. The topological polar surface area (TPSA) is 97.9 Å². The lowest BCUT2D eigenvalue weighted by molar-refractivity contribution is -0.274. The van der Waals surface area contributed by atoms with E-state index in [1.165, 1.54) is 30.1 Å². The number of carbonyl (C=O) groups is 1. The van der Waals surface area contributed by atoms with E-state index in [0.29, 0.717) is 29.5 Å². The first-order valence-electron chi connectivity index (χ1n) is 12.6. The third-order valence-electron chi connectivity index (χ3n) is 6.70. The quantitative estimate of drug-likeness (QED) is 0.232. The number of alkyl halides is 3. The summed E-state index contributed by atoms with van der Waals surface area (Å²) in [5.41, 5.74) is 6.66. The van der Waals surface area contributed by atoms with Gasteiger partial charge in [0.05, 0.1) is 34.7 Å². The molecule has 1 saturated heterocycles. The molecule has 0 bridgehead atoms. The SMILES string of the molecule is Cc1cccc(C)c1N1C(=O)CSC1=NN=Cc1ncc2c(n1)CCc1c-2ncn1-c1ccc(OC(F)(F)F)cc1. The van der Waals surface area contributed by atoms with Gasteiger partial charge >= 0.3 is 6.36 Å². The van der Waals surface area contributed by atoms with Crippen LogP contribution in [0.3, 0.4) is 0 Å². The highest BCUT2D eigenvalue weighted by Crippen LogP contribution is 2.34. The lowest BCUT2D eigenvalue weighted by Crippen LogP contribution is -2.30. The molecule has 6 rings (SSSR count). The highest BCUT2D eigenvalue weighted by atomic mass is 32.2. The third kappa shape index (κ3) is 5.32. The Labute approximate surface area is 236 Å². The fourth-order valence-electron chi connectivity index (χ4n) is 4.93. The minimum Gasteiger partial charge on any atom is -0.406 e. The number of hydrogen-bond donors (Lipinski definition) is 0. The van der Waals surface area contributed by atoms with E-state index in [-0.39, 0.29) is 17.4 Å². The van der Waals surface area contributed by atoms with Gasteiger partial charge in [-0.3, -0.25) is 9.69 Å². The summed E-state index contributed by atoms with van der Waals surface area (Å²) < 4.78 is 43.3. The minimum atomic E-state index is -4.74. The minimum absolute atomic E-state index is 0.0489. The molecule has 208 valence electrons. The number of aromatic nitrogens is 4. The molecular weight excluding hydrogens is 555 g/mol. The van der Waals surface area contributed by atoms with Crippen molar-refractivity contribution in [2.24, 2.45) is 10.2 Å². The summed E-state index contributed by atoms with van der Waals surface area (Å²) >= 11 is 1.33. The van der Waals surface area contributed by atoms with Gasteiger partial charge in [-0.15, -0.1) is 18.3 Å². The molecule has 0 radical (unpaired) electrons. The standard InChI is InChI=1S/C28H22F3N7O2S/c1-16-4-3-5-17(2)26(16)38-24(39)14-41-27(38)36-34-13-23-32-12-20-21(35-23)10-11-22-25(20)33-15-37(22)18-6-8-19(9-7-18)40-28(29,30)31/h3-9,12-13,15H,10-11,14H2,1-2H3. The molecule has 3 heterocycles. The van der Waals surface area contributed by atoms with Gasteiger partial charge in [0.2, 0.25) is 5.91 Å². The zero-order valence-corrected chi connectivity index (χ0v) is 22.7. The number of anilines is 1. The normalized spacial score (nSPS) is 16.0. The second kappa shape index (κ2) is 10.5. The van der Waals surface area contributed by atoms with Gasteiger partial charge < -0.3 is 9.30 Å². The molecule has 0 N–H and O–H groups in total. The lowest BCUT2D eigenvalue weighted by Gasteiger charge is -2.20. The molecule has 4 aromatic rings. The number of fused-ring (bicyclic) bond motifs is 3. The molecule has 0 atom stereocenters. The van der Waals surface area contributed by atoms with E-state index in [2.05, 4.69) is 29.9 Å². The summed E-state index contributed by atoms with van der Waals surface area (Å²) in [6.07, 6.45) is 1.27. The van der Waals surface area contributed by atoms with E-state index in [0.717, 1.165) is 39.5 Å². The number of aryl methyl sites for hydroxylation is 3. The Morgan fingerprint density at radius 3 is 2.54 bits per heavy atom. The molecule has 1 amide bonds. The Bertz CT molecular complexity index is 1690. The van der Waals surface area contributed by atoms with E-state index in [9.17, 15) is 18.0 Å². The summed E-state index contributed by atoms with van der Waals surface area (Å²) in [6, 6.07) is 11.5. The average molecular weight is 578 g/mol. The van der Waals surface area contributed by atoms with Gasteiger partial charge in [0, 0.05) is 17.4 Å². The molecule has 0 spiro atoms. The van der Waals surface area contributed by atoms with Crippen molar-refractivity contribution in [3.63, 3.8) is 0 Å². The van der Waals surface area contributed by atoms with Crippen molar-refractivity contribution in [3.8, 4) is 22.7 Å². The Hall–Kier alpha value is -4.52. The summed E-state index contributed by atoms with van der Waals surface area (Å²) in [5.74, 6) is 0.332. The van der Waals surface area contributed by atoms with Crippen LogP contribution in [0.5, 0.6) is 5.75 Å². The van der Waals surface area contributed by atoms with Crippen molar-refractivity contribution in [2.45, 2.75) is 33.1 Å². The van der Waals surface area contributed by atoms with Gasteiger partial charge in [-0.2, -0.15) is 5.10 Å². The maximum Gasteiger partial charge on any atom is 0.573 e. The van der Waals surface area contributed by atoms with Crippen LogP contribution in [-0.4, -0.2) is 48.9 Å². The van der Waals surface area contributed by atoms with Gasteiger partial charge in [-0.25, -0.2) is 15.0 Å². The van der Waals surface area contributed by atoms with Gasteiger partial charge in [-0.1, -0.05) is 30.0 Å². The van der Waals surface area contributed by atoms with Crippen LogP contribution in [0, 0.1) is 13.8 Å². The molecule has 9 nitrogen and oxygen atoms in total. The zero-order chi connectivity index (χ0) is 28.7. The molecular formula is C28H22F3N7O2S. The van der Waals surface area contributed by atoms with Crippen molar-refractivity contribution in [1.29, 1.82) is 0 Å². The second-order valence-electron chi connectivity index (χ2n) is 9.43. The van der Waals surface area contributed by atoms with E-state index < -0.39 is 6.36 Å². The molecule has 0 saturated carbocycles. The Kier molecular flexibility index (Phi) is 6.81. The average Bonchev–Trinajstić information content (AvgIpc) is 3.52. The number of amides is 1. The molecule has 2 aromatic carbocycles. The number of hydrogen-bond acceptors (Lipinski definition) is 8. The monoisotopic (exact) mass is 577 g/mol. The fourth-order valence-corrected chi connectivity index (χ4v) is 5.74. The van der Waals surface area contributed by atoms with Crippen molar-refractivity contribution in [3.05, 3.63) is 83.3 Å². The Morgan fingerprint density at radius 2 is 1.80 bits per heavy atom. The number of ether oxygens (including phenoxy) is 1. The molecule has 1 fully saturated rings. The number of benzene rings is 2. The summed E-state index contributed by atoms with van der Waals surface area (Å²) in [4.78, 5) is 27.8. The lowest BCUT2D eigenvalue weighted by atomic mass is 9.97. The predicted molar refractivity (Wildman–Crippen MR) is 150 cm³/mol. The number of amidine groups is 1. The van der Waals surface area contributed by atoms with E-state index in [4.69, 9.17) is 0 Å². The predicted octanol–water partition coefficient (Wildman–Crippen LogP) is 5.41. The number of para-hydroxylation sites is 1. The number of carbonyl (C=O) groups excluding carboxylic acids is 1. The first-order valence-corrected chi connectivity index (χ1v) is 13.6. The van der Waals surface area contributed by atoms with Crippen molar-refractivity contribution in [1.82, 2.24) is 19.5 Å². The summed E-state index contributed by atoms with van der Waals surface area (Å²) in [6.45, 7) is 3.91. The van der Waals surface area contributed by atoms with Crippen LogP contribution in [-0.2, 0) is 17.6 Å². The van der Waals surface area contributed by atoms with Gasteiger partial charge in [0.1, 0.15) is 12.1 Å². The Morgan fingerprint density at radius 1 is 1.05 bits per heavy atom. The van der Waals surface area contributed by atoms with Crippen LogP contribution in [0.2, 0.25) is 0 Å². The summed E-state index contributed by atoms with van der Waals surface area (Å²) in [5, 5.41) is 8.98. The highest BCUT2D eigenvalue weighted by molar-refractivity contribution is 8.15. The molecule has 2 aromatic heterocycles. The molecule has 0 unspecified atom stereocenters. The van der Waals surface area contributed by atoms with Crippen LogP contribution in [0.4, 0.5) is 18.9 Å². The number of halogens is 3. The molecule has 13 heteroatoms. The van der Waals surface area contributed by atoms with E-state index in [1.807, 2.05) is 36.6 Å². The van der Waals surface area contributed by atoms with Crippen molar-refractivity contribution < 1.29 is 22.7 Å². The van der Waals surface area contributed by atoms with Crippen LogP contribution >= 0.6 is 11.8 Å². The van der Waals surface area contributed by atoms with Crippen LogP contribution in [0.15, 0.2) is 65.2 Å². The van der Waals surface area contributed by atoms with Gasteiger partial charge in [-0.05, 0) is 62.1 Å². The number of rotatable bonds is 5. The van der Waals surface area contributed by atoms with Gasteiger partial charge in [0.15, 0.2) is 11.0 Å². The number of thioether (sulfide) groups is 1. The number of nitrogens with zero attached hydrogens (tertiary/aromatic N) is 7. The van der Waals surface area contributed by atoms with Crippen LogP contribution in [0.25, 0.3) is 16.9 Å². The fraction of sp³-hybridized carbons (Fsp3) is 0.214. The zero-order valence-electron chi connectivity index (χ0n) is 21.9. The maximum atomic E-state index is 12.6. The molecule has 2 aliphatic rings. The van der Waals surface area contributed by atoms with Gasteiger partial charge in [0.25, 0.3) is 0 Å². The maximum absolute atomic E-state index is 12.6. The van der Waals surface area contributed by atoms with Crippen LogP contribution < -0.4 is 9.64 Å². The van der Waals surface area contributed by atoms with E-state index in [1.54, 1.807) is 29.6 Å². The van der Waals surface area contributed by atoms with Crippen molar-refractivity contribution in [2.75, 3.05) is 10.7 Å². The highest BCUT2D eigenvalue weighted by Gasteiger charge is 2.32. The Balaban J connectivity index is 1.22. The van der Waals surface area contributed by atoms with Crippen LogP contribution in [0.1, 0.15) is 28.3 Å². The first kappa shape index (κ1) is 26.7. The van der Waals surface area contributed by atoms with E-state index >= 15 is 0 Å². The smallest absolute Gasteiger partial charge is 0.406 e. The second-order valence-corrected chi connectivity index (χ2v) is 10.4. The summed E-state index contributed by atoms with van der Waals surface area (Å²) in [7, 11) is 0. The first-order chi connectivity index (χ1) is 19.7. The number of imidazole rings is 1.